The highest BCUT2D eigenvalue weighted by molar-refractivity contribution is 5.70. The van der Waals surface area contributed by atoms with E-state index in [0.29, 0.717) is 18.8 Å². The van der Waals surface area contributed by atoms with E-state index < -0.39 is 18.0 Å². The molecule has 0 aromatic rings. The summed E-state index contributed by atoms with van der Waals surface area (Å²) in [6.45, 7) is 6.40. The lowest BCUT2D eigenvalue weighted by Gasteiger charge is -2.38. The fraction of sp³-hybridized carbons (Fsp3) is 0.909. The Kier molecular flexibility index (Phi) is 3.20. The maximum absolute atomic E-state index is 10.9. The Morgan fingerprint density at radius 2 is 1.86 bits per heavy atom. The van der Waals surface area contributed by atoms with Gasteiger partial charge in [-0.05, 0) is 30.6 Å². The molecule has 0 bridgehead atoms. The molecule has 0 aromatic heterocycles. The van der Waals surface area contributed by atoms with Gasteiger partial charge in [-0.3, -0.25) is 4.79 Å². The molecule has 1 aliphatic rings. The van der Waals surface area contributed by atoms with Crippen molar-refractivity contribution in [3.05, 3.63) is 0 Å². The summed E-state index contributed by atoms with van der Waals surface area (Å²) < 4.78 is 0. The first-order chi connectivity index (χ1) is 6.32. The molecule has 0 aliphatic heterocycles. The van der Waals surface area contributed by atoms with E-state index in [4.69, 9.17) is 5.11 Å². The van der Waals surface area contributed by atoms with E-state index in [9.17, 15) is 9.90 Å². The zero-order valence-corrected chi connectivity index (χ0v) is 9.16. The van der Waals surface area contributed by atoms with E-state index in [-0.39, 0.29) is 5.41 Å². The smallest absolute Gasteiger partial charge is 0.309 e. The van der Waals surface area contributed by atoms with Gasteiger partial charge in [0.05, 0.1) is 12.0 Å². The fourth-order valence-electron chi connectivity index (χ4n) is 2.21. The van der Waals surface area contributed by atoms with Gasteiger partial charge in [0.2, 0.25) is 0 Å². The maximum Gasteiger partial charge on any atom is 0.309 e. The molecule has 0 heterocycles. The number of hydrogen-bond acceptors (Lipinski definition) is 2. The number of rotatable bonds is 1. The number of carboxylic acids is 1. The number of carbonyl (C=O) groups is 1. The van der Waals surface area contributed by atoms with Crippen LogP contribution in [-0.2, 0) is 4.79 Å². The largest absolute Gasteiger partial charge is 0.481 e. The second-order valence-corrected chi connectivity index (χ2v) is 5.39. The standard InChI is InChI=1S/C11H20O3/c1-11(2,3)7-4-5-9(12)8(6-7)10(13)14/h7-9,12H,4-6H2,1-3H3,(H,13,14). The van der Waals surface area contributed by atoms with Gasteiger partial charge in [-0.2, -0.15) is 0 Å². The predicted molar refractivity (Wildman–Crippen MR) is 53.9 cm³/mol. The van der Waals surface area contributed by atoms with Gasteiger partial charge in [0.15, 0.2) is 0 Å². The van der Waals surface area contributed by atoms with Crippen LogP contribution in [0.25, 0.3) is 0 Å². The molecular weight excluding hydrogens is 180 g/mol. The summed E-state index contributed by atoms with van der Waals surface area (Å²) in [6, 6.07) is 0. The summed E-state index contributed by atoms with van der Waals surface area (Å²) in [4.78, 5) is 10.9. The molecule has 0 spiro atoms. The third kappa shape index (κ3) is 2.47. The third-order valence-corrected chi connectivity index (χ3v) is 3.36. The first-order valence-electron chi connectivity index (χ1n) is 5.23. The van der Waals surface area contributed by atoms with Gasteiger partial charge in [0.1, 0.15) is 0 Å². The molecule has 0 radical (unpaired) electrons. The Morgan fingerprint density at radius 1 is 1.29 bits per heavy atom. The molecule has 14 heavy (non-hydrogen) atoms. The Morgan fingerprint density at radius 3 is 2.29 bits per heavy atom. The molecule has 3 nitrogen and oxygen atoms in total. The normalized spacial score (nSPS) is 34.1. The molecule has 2 N–H and O–H groups in total. The first kappa shape index (κ1) is 11.5. The fourth-order valence-corrected chi connectivity index (χ4v) is 2.21. The summed E-state index contributed by atoms with van der Waals surface area (Å²) in [5, 5.41) is 18.5. The SMILES string of the molecule is CC(C)(C)C1CCC(O)C(C(=O)O)C1. The molecule has 1 aliphatic carbocycles. The van der Waals surface area contributed by atoms with Crippen LogP contribution in [0.5, 0.6) is 0 Å². The summed E-state index contributed by atoms with van der Waals surface area (Å²) in [5.41, 5.74) is 0.147. The van der Waals surface area contributed by atoms with Gasteiger partial charge in [-0.15, -0.1) is 0 Å². The Labute approximate surface area is 85.1 Å². The van der Waals surface area contributed by atoms with Crippen LogP contribution in [0.4, 0.5) is 0 Å². The van der Waals surface area contributed by atoms with Crippen molar-refractivity contribution < 1.29 is 15.0 Å². The monoisotopic (exact) mass is 200 g/mol. The molecule has 3 atom stereocenters. The van der Waals surface area contributed by atoms with E-state index in [2.05, 4.69) is 20.8 Å². The lowest BCUT2D eigenvalue weighted by Crippen LogP contribution is -2.38. The van der Waals surface area contributed by atoms with Gasteiger partial charge in [-0.25, -0.2) is 0 Å². The van der Waals surface area contributed by atoms with Gasteiger partial charge >= 0.3 is 5.97 Å². The van der Waals surface area contributed by atoms with E-state index in [1.54, 1.807) is 0 Å². The number of aliphatic hydroxyl groups excluding tert-OH is 1. The maximum atomic E-state index is 10.9. The molecular formula is C11H20O3. The van der Waals surface area contributed by atoms with Crippen LogP contribution in [0.1, 0.15) is 40.0 Å². The minimum Gasteiger partial charge on any atom is -0.481 e. The molecule has 1 saturated carbocycles. The minimum atomic E-state index is -0.855. The van der Waals surface area contributed by atoms with E-state index in [1.807, 2.05) is 0 Å². The van der Waals surface area contributed by atoms with Crippen molar-refractivity contribution in [1.82, 2.24) is 0 Å². The lowest BCUT2D eigenvalue weighted by atomic mass is 9.68. The van der Waals surface area contributed by atoms with E-state index in [0.717, 1.165) is 6.42 Å². The Balaban J connectivity index is 2.67. The topological polar surface area (TPSA) is 57.5 Å². The van der Waals surface area contributed by atoms with Gasteiger partial charge in [-0.1, -0.05) is 20.8 Å². The molecule has 82 valence electrons. The van der Waals surface area contributed by atoms with Crippen LogP contribution >= 0.6 is 0 Å². The molecule has 3 unspecified atom stereocenters. The summed E-state index contributed by atoms with van der Waals surface area (Å²) in [7, 11) is 0. The minimum absolute atomic E-state index is 0.147. The lowest BCUT2D eigenvalue weighted by molar-refractivity contribution is -0.149. The molecule has 0 amide bonds. The van der Waals surface area contributed by atoms with Crippen LogP contribution in [0.15, 0.2) is 0 Å². The van der Waals surface area contributed by atoms with Crippen LogP contribution in [-0.4, -0.2) is 22.3 Å². The summed E-state index contributed by atoms with van der Waals surface area (Å²) >= 11 is 0. The number of hydrogen-bond donors (Lipinski definition) is 2. The number of aliphatic carboxylic acids is 1. The van der Waals surface area contributed by atoms with Gasteiger partial charge in [0.25, 0.3) is 0 Å². The molecule has 3 heteroatoms. The number of carboxylic acid groups (broad SMARTS) is 1. The average Bonchev–Trinajstić information content (AvgIpc) is 2.02. The van der Waals surface area contributed by atoms with E-state index >= 15 is 0 Å². The van der Waals surface area contributed by atoms with Gasteiger partial charge < -0.3 is 10.2 Å². The summed E-state index contributed by atoms with van der Waals surface area (Å²) in [6.07, 6.45) is 1.53. The number of aliphatic hydroxyl groups is 1. The first-order valence-corrected chi connectivity index (χ1v) is 5.23. The van der Waals surface area contributed by atoms with Crippen molar-refractivity contribution in [2.75, 3.05) is 0 Å². The van der Waals surface area contributed by atoms with Crippen LogP contribution < -0.4 is 0 Å². The average molecular weight is 200 g/mol. The molecule has 1 rings (SSSR count). The second-order valence-electron chi connectivity index (χ2n) is 5.39. The Hall–Kier alpha value is -0.570. The van der Waals surface area contributed by atoms with E-state index in [1.165, 1.54) is 0 Å². The highest BCUT2D eigenvalue weighted by Crippen LogP contribution is 2.40. The van der Waals surface area contributed by atoms with Crippen molar-refractivity contribution in [3.63, 3.8) is 0 Å². The van der Waals surface area contributed by atoms with Gasteiger partial charge in [0, 0.05) is 0 Å². The predicted octanol–water partition coefficient (Wildman–Crippen LogP) is 1.89. The highest BCUT2D eigenvalue weighted by Gasteiger charge is 2.38. The molecule has 0 saturated heterocycles. The van der Waals surface area contributed by atoms with Crippen LogP contribution in [0.3, 0.4) is 0 Å². The third-order valence-electron chi connectivity index (χ3n) is 3.36. The van der Waals surface area contributed by atoms with Crippen molar-refractivity contribution >= 4 is 5.97 Å². The molecule has 0 aromatic carbocycles. The zero-order valence-electron chi connectivity index (χ0n) is 9.16. The van der Waals surface area contributed by atoms with Crippen molar-refractivity contribution in [3.8, 4) is 0 Å². The Bertz CT molecular complexity index is 217. The van der Waals surface area contributed by atoms with Crippen LogP contribution in [0.2, 0.25) is 0 Å². The van der Waals surface area contributed by atoms with Crippen molar-refractivity contribution in [2.24, 2.45) is 17.3 Å². The summed E-state index contributed by atoms with van der Waals surface area (Å²) in [5.74, 6) is -1.01. The quantitative estimate of drug-likeness (QED) is 0.679. The highest BCUT2D eigenvalue weighted by atomic mass is 16.4. The van der Waals surface area contributed by atoms with Crippen molar-refractivity contribution in [1.29, 1.82) is 0 Å². The van der Waals surface area contributed by atoms with Crippen molar-refractivity contribution in [2.45, 2.75) is 46.1 Å². The zero-order chi connectivity index (χ0) is 10.9. The van der Waals surface area contributed by atoms with Crippen LogP contribution in [0, 0.1) is 17.3 Å². The second kappa shape index (κ2) is 3.89. The molecule has 1 fully saturated rings.